The first-order chi connectivity index (χ1) is 36.8. The molecule has 10 aromatic rings. The van der Waals surface area contributed by atoms with Gasteiger partial charge in [0.1, 0.15) is 0 Å². The van der Waals surface area contributed by atoms with Crippen molar-refractivity contribution in [1.82, 2.24) is 0 Å². The summed E-state index contributed by atoms with van der Waals surface area (Å²) in [4.78, 5) is 0. The molecule has 0 aliphatic heterocycles. The fraction of sp³-hybridized carbons (Fsp3) is 0.280. The molecule has 0 aromatic heterocycles. The maximum absolute atomic E-state index is 2.53. The summed E-state index contributed by atoms with van der Waals surface area (Å²) < 4.78 is 0. The lowest BCUT2D eigenvalue weighted by Crippen LogP contribution is -2.25. The van der Waals surface area contributed by atoms with Crippen LogP contribution in [-0.2, 0) is 5.41 Å². The van der Waals surface area contributed by atoms with Gasteiger partial charge in [0.25, 0.3) is 0 Å². The Kier molecular flexibility index (Phi) is 16.2. The highest BCUT2D eigenvalue weighted by Crippen LogP contribution is 2.56. The van der Waals surface area contributed by atoms with Crippen molar-refractivity contribution in [3.8, 4) is 55.6 Å². The summed E-state index contributed by atoms with van der Waals surface area (Å²) in [5.74, 6) is 0. The van der Waals surface area contributed by atoms with E-state index in [-0.39, 0.29) is 5.41 Å². The average Bonchev–Trinajstić information content (AvgIpc) is 3.72. The van der Waals surface area contributed by atoms with Crippen LogP contribution in [0, 0.1) is 27.7 Å². The zero-order chi connectivity index (χ0) is 51.7. The Morgan fingerprint density at radius 2 is 0.573 bits per heavy atom. The van der Waals surface area contributed by atoms with Gasteiger partial charge < -0.3 is 0 Å². The number of aryl methyl sites for hydroxylation is 4. The van der Waals surface area contributed by atoms with E-state index in [0.717, 1.165) is 0 Å². The minimum absolute atomic E-state index is 0.234. The number of unbranched alkanes of at least 4 members (excludes halogenated alkanes) is 10. The van der Waals surface area contributed by atoms with Gasteiger partial charge in [-0.05, 0) is 140 Å². The van der Waals surface area contributed by atoms with Crippen molar-refractivity contribution >= 4 is 32.3 Å². The molecule has 0 radical (unpaired) electrons. The van der Waals surface area contributed by atoms with Crippen LogP contribution in [0.5, 0.6) is 0 Å². The Labute approximate surface area is 449 Å². The predicted octanol–water partition coefficient (Wildman–Crippen LogP) is 22.5. The van der Waals surface area contributed by atoms with E-state index in [4.69, 9.17) is 0 Å². The van der Waals surface area contributed by atoms with E-state index in [9.17, 15) is 0 Å². The van der Waals surface area contributed by atoms with Crippen LogP contribution in [0.25, 0.3) is 88.0 Å². The number of benzene rings is 10. The number of hydrogen-bond acceptors (Lipinski definition) is 0. The van der Waals surface area contributed by atoms with Crippen LogP contribution in [0.3, 0.4) is 0 Å². The third-order valence-electron chi connectivity index (χ3n) is 16.6. The summed E-state index contributed by atoms with van der Waals surface area (Å²) in [7, 11) is 0. The van der Waals surface area contributed by atoms with E-state index in [0.29, 0.717) is 0 Å². The van der Waals surface area contributed by atoms with Gasteiger partial charge in [0.05, 0.1) is 0 Å². The molecule has 0 saturated heterocycles. The zero-order valence-electron chi connectivity index (χ0n) is 45.9. The second-order valence-corrected chi connectivity index (χ2v) is 22.0. The largest absolute Gasteiger partial charge is 0.0654 e. The molecule has 75 heavy (non-hydrogen) atoms. The van der Waals surface area contributed by atoms with E-state index >= 15 is 0 Å². The standard InChI is InChI=1S/C44H32.C31H46/c1-29-21-25-33(26-22-29)41-37-19-11-12-20-38(37)42(34-27-23-30(2)24-28-34)44-40(32-15-7-4-8-16-32)36-18-10-9-17-35(36)39(43(41)44)31-13-5-3-6-14-31;1-5-7-9-11-13-15-21-31(22-16-14-12-10-8-6-2)29-23-25(3)17-19-27(29)28-20-18-26(4)24-30(28)31/h3-28H,1-2H3;17-20,23-24H,5-16,21-22H2,1-4H3. The lowest BCUT2D eigenvalue weighted by molar-refractivity contribution is 0.397. The van der Waals surface area contributed by atoms with Crippen LogP contribution in [0.4, 0.5) is 0 Å². The summed E-state index contributed by atoms with van der Waals surface area (Å²) in [6, 6.07) is 72.6. The second kappa shape index (κ2) is 23.7. The van der Waals surface area contributed by atoms with Gasteiger partial charge in [-0.15, -0.1) is 0 Å². The Balaban J connectivity index is 0.000000183. The van der Waals surface area contributed by atoms with Gasteiger partial charge in [0, 0.05) is 5.41 Å². The van der Waals surface area contributed by atoms with Gasteiger partial charge in [-0.25, -0.2) is 0 Å². The first-order valence-corrected chi connectivity index (χ1v) is 28.7. The van der Waals surface area contributed by atoms with Crippen molar-refractivity contribution in [1.29, 1.82) is 0 Å². The fourth-order valence-electron chi connectivity index (χ4n) is 12.8. The smallest absolute Gasteiger partial charge is 0.0215 e. The van der Waals surface area contributed by atoms with Crippen molar-refractivity contribution < 1.29 is 0 Å². The fourth-order valence-corrected chi connectivity index (χ4v) is 12.8. The average molecular weight is 979 g/mol. The van der Waals surface area contributed by atoms with Gasteiger partial charge in [0.2, 0.25) is 0 Å². The van der Waals surface area contributed by atoms with Crippen molar-refractivity contribution in [3.63, 3.8) is 0 Å². The van der Waals surface area contributed by atoms with E-state index in [1.807, 2.05) is 0 Å². The molecule has 0 bridgehead atoms. The van der Waals surface area contributed by atoms with Crippen LogP contribution >= 0.6 is 0 Å². The first kappa shape index (κ1) is 51.5. The van der Waals surface area contributed by atoms with Crippen LogP contribution in [0.2, 0.25) is 0 Å². The SMILES string of the molecule is CCCCCCCCC1(CCCCCCCC)c2cc(C)ccc2-c2ccc(C)cc21.Cc1ccc(-c2c3ccccc3c(-c3ccc(C)cc3)c3c(-c4ccccc4)c4ccccc4c(-c4ccccc4)c23)cc1. The monoisotopic (exact) mass is 979 g/mol. The molecule has 0 saturated carbocycles. The topological polar surface area (TPSA) is 0 Å². The Morgan fingerprint density at radius 3 is 0.920 bits per heavy atom. The van der Waals surface area contributed by atoms with E-state index in [2.05, 4.69) is 236 Å². The highest BCUT2D eigenvalue weighted by Gasteiger charge is 2.42. The van der Waals surface area contributed by atoms with Gasteiger partial charge in [0.15, 0.2) is 0 Å². The van der Waals surface area contributed by atoms with E-state index in [1.165, 1.54) is 200 Å². The van der Waals surface area contributed by atoms with Crippen LogP contribution in [-0.4, -0.2) is 0 Å². The summed E-state index contributed by atoms with van der Waals surface area (Å²) >= 11 is 0. The molecule has 1 aliphatic carbocycles. The van der Waals surface area contributed by atoms with E-state index < -0.39 is 0 Å². The molecule has 10 aromatic carbocycles. The molecule has 0 atom stereocenters. The minimum Gasteiger partial charge on any atom is -0.0654 e. The molecule has 0 N–H and O–H groups in total. The molecule has 0 nitrogen and oxygen atoms in total. The highest BCUT2D eigenvalue weighted by molar-refractivity contribution is 6.33. The molecular weight excluding hydrogens is 901 g/mol. The summed E-state index contributed by atoms with van der Waals surface area (Å²) in [6.45, 7) is 13.5. The second-order valence-electron chi connectivity index (χ2n) is 22.0. The Morgan fingerprint density at radius 1 is 0.280 bits per heavy atom. The van der Waals surface area contributed by atoms with Gasteiger partial charge in [-0.3, -0.25) is 0 Å². The highest BCUT2D eigenvalue weighted by atomic mass is 14.4. The lowest BCUT2D eigenvalue weighted by atomic mass is 9.70. The van der Waals surface area contributed by atoms with Crippen molar-refractivity contribution in [2.45, 2.75) is 137 Å². The number of fused-ring (bicyclic) bond motifs is 6. The van der Waals surface area contributed by atoms with Crippen LogP contribution in [0.1, 0.15) is 137 Å². The predicted molar refractivity (Wildman–Crippen MR) is 328 cm³/mol. The Bertz CT molecular complexity index is 3280. The quantitative estimate of drug-likeness (QED) is 0.0594. The molecule has 1 aliphatic rings. The van der Waals surface area contributed by atoms with Crippen LogP contribution in [0.15, 0.2) is 194 Å². The maximum atomic E-state index is 2.53. The van der Waals surface area contributed by atoms with Crippen molar-refractivity contribution in [2.75, 3.05) is 0 Å². The number of hydrogen-bond donors (Lipinski definition) is 0. The number of rotatable bonds is 18. The molecule has 378 valence electrons. The van der Waals surface area contributed by atoms with Gasteiger partial charge >= 0.3 is 0 Å². The summed E-state index contributed by atoms with van der Waals surface area (Å²) in [6.07, 6.45) is 19.2. The van der Waals surface area contributed by atoms with E-state index in [1.54, 1.807) is 11.1 Å². The molecule has 0 heteroatoms. The molecule has 0 heterocycles. The third kappa shape index (κ3) is 10.6. The molecule has 0 unspecified atom stereocenters. The maximum Gasteiger partial charge on any atom is 0.0215 e. The Hall–Kier alpha value is -7.02. The molecule has 0 amide bonds. The van der Waals surface area contributed by atoms with Crippen molar-refractivity contribution in [2.24, 2.45) is 0 Å². The third-order valence-corrected chi connectivity index (χ3v) is 16.6. The zero-order valence-corrected chi connectivity index (χ0v) is 45.9. The summed E-state index contributed by atoms with van der Waals surface area (Å²) in [5, 5.41) is 7.67. The van der Waals surface area contributed by atoms with Gasteiger partial charge in [-0.1, -0.05) is 307 Å². The first-order valence-electron chi connectivity index (χ1n) is 28.7. The van der Waals surface area contributed by atoms with Gasteiger partial charge in [-0.2, -0.15) is 0 Å². The molecular formula is C75H78. The molecule has 0 spiro atoms. The van der Waals surface area contributed by atoms with Crippen LogP contribution < -0.4 is 0 Å². The lowest BCUT2D eigenvalue weighted by Gasteiger charge is -2.33. The molecule has 0 fully saturated rings. The van der Waals surface area contributed by atoms with Crippen molar-refractivity contribution in [3.05, 3.63) is 228 Å². The normalized spacial score (nSPS) is 12.5. The minimum atomic E-state index is 0.234. The summed E-state index contributed by atoms with van der Waals surface area (Å²) in [5.41, 5.74) is 21.9. The molecule has 11 rings (SSSR count).